The zero-order valence-corrected chi connectivity index (χ0v) is 17.5. The highest BCUT2D eigenvalue weighted by Crippen LogP contribution is 2.35. The monoisotopic (exact) mass is 427 g/mol. The van der Waals surface area contributed by atoms with Gasteiger partial charge in [0, 0.05) is 16.6 Å². The number of ether oxygens (including phenoxy) is 2. The Balaban J connectivity index is 0.00000312. The number of nitrogens with one attached hydrogen (secondary N) is 1. The first-order valence-corrected chi connectivity index (χ1v) is 9.13. The Morgan fingerprint density at radius 2 is 1.84 bits per heavy atom. The van der Waals surface area contributed by atoms with Crippen molar-refractivity contribution in [3.63, 3.8) is 0 Å². The van der Waals surface area contributed by atoms with Crippen LogP contribution in [0.3, 0.4) is 0 Å². The predicted octanol–water partition coefficient (Wildman–Crippen LogP) is 5.59. The molecule has 3 nitrogen and oxygen atoms in total. The highest BCUT2D eigenvalue weighted by Gasteiger charge is 2.13. The van der Waals surface area contributed by atoms with Crippen molar-refractivity contribution in [3.05, 3.63) is 58.1 Å². The molecule has 2 aromatic carbocycles. The van der Waals surface area contributed by atoms with Crippen LogP contribution in [0.4, 0.5) is 0 Å². The predicted molar refractivity (Wildman–Crippen MR) is 110 cm³/mol. The average molecular weight is 429 g/mol. The Labute approximate surface area is 165 Å². The average Bonchev–Trinajstić information content (AvgIpc) is 2.58. The molecule has 0 spiro atoms. The van der Waals surface area contributed by atoms with Gasteiger partial charge >= 0.3 is 0 Å². The van der Waals surface area contributed by atoms with Gasteiger partial charge in [0.15, 0.2) is 11.5 Å². The van der Waals surface area contributed by atoms with Gasteiger partial charge in [-0.05, 0) is 36.6 Å². The Hall–Kier alpha value is -1.23. The molecule has 2 aromatic rings. The van der Waals surface area contributed by atoms with Gasteiger partial charge < -0.3 is 14.8 Å². The van der Waals surface area contributed by atoms with E-state index in [2.05, 4.69) is 53.3 Å². The van der Waals surface area contributed by atoms with Gasteiger partial charge in [-0.2, -0.15) is 0 Å². The molecular weight excluding hydrogens is 402 g/mol. The minimum Gasteiger partial charge on any atom is -0.493 e. The number of rotatable bonds is 9. The van der Waals surface area contributed by atoms with Gasteiger partial charge in [0.25, 0.3) is 0 Å². The summed E-state index contributed by atoms with van der Waals surface area (Å²) in [5, 5.41) is 3.49. The first kappa shape index (κ1) is 21.8. The van der Waals surface area contributed by atoms with E-state index in [9.17, 15) is 0 Å². The largest absolute Gasteiger partial charge is 0.493 e. The number of benzene rings is 2. The third-order valence-electron chi connectivity index (χ3n) is 3.76. The first-order chi connectivity index (χ1) is 11.6. The first-order valence-electron chi connectivity index (χ1n) is 8.34. The molecule has 0 amide bonds. The number of methoxy groups -OCH3 is 1. The third kappa shape index (κ3) is 7.27. The molecule has 0 aromatic heterocycles. The second-order valence-electron chi connectivity index (χ2n) is 6.23. The molecule has 0 saturated heterocycles. The normalized spacial score (nSPS) is 10.4. The molecule has 0 unspecified atom stereocenters. The second-order valence-corrected chi connectivity index (χ2v) is 7.15. The molecule has 138 valence electrons. The van der Waals surface area contributed by atoms with Gasteiger partial charge in [0.2, 0.25) is 0 Å². The van der Waals surface area contributed by atoms with Crippen LogP contribution in [0.25, 0.3) is 0 Å². The summed E-state index contributed by atoms with van der Waals surface area (Å²) >= 11 is 3.55. The van der Waals surface area contributed by atoms with Crippen LogP contribution < -0.4 is 14.8 Å². The molecule has 0 aliphatic carbocycles. The molecule has 0 saturated carbocycles. The minimum atomic E-state index is 0. The van der Waals surface area contributed by atoms with Gasteiger partial charge in [0.1, 0.15) is 6.61 Å². The zero-order chi connectivity index (χ0) is 17.4. The van der Waals surface area contributed by atoms with Crippen molar-refractivity contribution in [1.82, 2.24) is 5.32 Å². The fraction of sp³-hybridized carbons (Fsp3) is 0.400. The fourth-order valence-corrected chi connectivity index (χ4v) is 2.90. The van der Waals surface area contributed by atoms with E-state index in [-0.39, 0.29) is 12.4 Å². The van der Waals surface area contributed by atoms with E-state index >= 15 is 0 Å². The number of halogens is 2. The van der Waals surface area contributed by atoms with Crippen LogP contribution in [0, 0.1) is 5.92 Å². The van der Waals surface area contributed by atoms with Crippen molar-refractivity contribution in [2.45, 2.75) is 33.4 Å². The van der Waals surface area contributed by atoms with Crippen LogP contribution in [-0.2, 0) is 13.2 Å². The van der Waals surface area contributed by atoms with Crippen molar-refractivity contribution in [2.75, 3.05) is 13.7 Å². The topological polar surface area (TPSA) is 30.5 Å². The molecule has 0 aliphatic rings. The summed E-state index contributed by atoms with van der Waals surface area (Å²) in [6, 6.07) is 14.2. The maximum Gasteiger partial charge on any atom is 0.166 e. The summed E-state index contributed by atoms with van der Waals surface area (Å²) in [5.74, 6) is 2.26. The van der Waals surface area contributed by atoms with E-state index in [1.54, 1.807) is 7.11 Å². The van der Waals surface area contributed by atoms with Crippen LogP contribution in [0.2, 0.25) is 0 Å². The van der Waals surface area contributed by atoms with E-state index in [0.29, 0.717) is 12.5 Å². The van der Waals surface area contributed by atoms with Crippen LogP contribution in [0.1, 0.15) is 31.4 Å². The molecule has 0 bridgehead atoms. The summed E-state index contributed by atoms with van der Waals surface area (Å²) in [5.41, 5.74) is 2.24. The molecule has 5 heteroatoms. The van der Waals surface area contributed by atoms with Gasteiger partial charge in [-0.3, -0.25) is 0 Å². The SMILES string of the molecule is COc1cc(Br)cc(CNCCC(C)C)c1OCc1ccccc1.Cl. The lowest BCUT2D eigenvalue weighted by atomic mass is 10.1. The van der Waals surface area contributed by atoms with Crippen molar-refractivity contribution >= 4 is 28.3 Å². The lowest BCUT2D eigenvalue weighted by Gasteiger charge is -2.17. The van der Waals surface area contributed by atoms with Gasteiger partial charge in [-0.15, -0.1) is 12.4 Å². The maximum absolute atomic E-state index is 6.09. The fourth-order valence-electron chi connectivity index (χ4n) is 2.41. The summed E-state index contributed by atoms with van der Waals surface area (Å²) in [6.45, 7) is 6.74. The van der Waals surface area contributed by atoms with Crippen molar-refractivity contribution < 1.29 is 9.47 Å². The molecular formula is C20H27BrClNO2. The minimum absolute atomic E-state index is 0. The summed E-state index contributed by atoms with van der Waals surface area (Å²) in [4.78, 5) is 0. The highest BCUT2D eigenvalue weighted by atomic mass is 79.9. The number of hydrogen-bond acceptors (Lipinski definition) is 3. The van der Waals surface area contributed by atoms with Crippen molar-refractivity contribution in [1.29, 1.82) is 0 Å². The smallest absolute Gasteiger partial charge is 0.166 e. The zero-order valence-electron chi connectivity index (χ0n) is 15.0. The Bertz CT molecular complexity index is 635. The number of hydrogen-bond donors (Lipinski definition) is 1. The van der Waals surface area contributed by atoms with E-state index in [1.807, 2.05) is 24.3 Å². The maximum atomic E-state index is 6.09. The van der Waals surface area contributed by atoms with Crippen LogP contribution in [0.5, 0.6) is 11.5 Å². The molecule has 0 radical (unpaired) electrons. The third-order valence-corrected chi connectivity index (χ3v) is 4.21. The van der Waals surface area contributed by atoms with Crippen LogP contribution >= 0.6 is 28.3 Å². The Morgan fingerprint density at radius 3 is 2.48 bits per heavy atom. The van der Waals surface area contributed by atoms with Gasteiger partial charge in [0.05, 0.1) is 7.11 Å². The summed E-state index contributed by atoms with van der Waals surface area (Å²) in [7, 11) is 1.67. The van der Waals surface area contributed by atoms with E-state index in [4.69, 9.17) is 9.47 Å². The lowest BCUT2D eigenvalue weighted by Crippen LogP contribution is -2.17. The Kier molecular flexibility index (Phi) is 9.94. The summed E-state index contributed by atoms with van der Waals surface area (Å²) < 4.78 is 12.6. The molecule has 0 atom stereocenters. The van der Waals surface area contributed by atoms with E-state index in [0.717, 1.165) is 46.6 Å². The van der Waals surface area contributed by atoms with Gasteiger partial charge in [-0.25, -0.2) is 0 Å². The highest BCUT2D eigenvalue weighted by molar-refractivity contribution is 9.10. The lowest BCUT2D eigenvalue weighted by molar-refractivity contribution is 0.280. The van der Waals surface area contributed by atoms with Crippen LogP contribution in [0.15, 0.2) is 46.9 Å². The summed E-state index contributed by atoms with van der Waals surface area (Å²) in [6.07, 6.45) is 1.16. The molecule has 0 fully saturated rings. The standard InChI is InChI=1S/C20H26BrNO2.ClH/c1-15(2)9-10-22-13-17-11-18(21)12-19(23-3)20(17)24-14-16-7-5-4-6-8-16;/h4-8,11-12,15,22H,9-10,13-14H2,1-3H3;1H. The van der Waals surface area contributed by atoms with Crippen molar-refractivity contribution in [2.24, 2.45) is 5.92 Å². The van der Waals surface area contributed by atoms with Crippen molar-refractivity contribution in [3.8, 4) is 11.5 Å². The van der Waals surface area contributed by atoms with Crippen LogP contribution in [-0.4, -0.2) is 13.7 Å². The van der Waals surface area contributed by atoms with E-state index in [1.165, 1.54) is 0 Å². The molecule has 1 N–H and O–H groups in total. The Morgan fingerprint density at radius 1 is 1.12 bits per heavy atom. The molecule has 2 rings (SSSR count). The molecule has 0 heterocycles. The molecule has 0 aliphatic heterocycles. The van der Waals surface area contributed by atoms with Gasteiger partial charge in [-0.1, -0.05) is 60.1 Å². The molecule has 25 heavy (non-hydrogen) atoms. The van der Waals surface area contributed by atoms with E-state index < -0.39 is 0 Å². The second kappa shape index (κ2) is 11.4. The quantitative estimate of drug-likeness (QED) is 0.528.